The fourth-order valence-electron chi connectivity index (χ4n) is 2.94. The molecule has 1 aliphatic rings. The lowest BCUT2D eigenvalue weighted by atomic mass is 10.1. The van der Waals surface area contributed by atoms with Crippen LogP contribution >= 0.6 is 0 Å². The molecule has 3 rings (SSSR count). The van der Waals surface area contributed by atoms with Gasteiger partial charge in [0.05, 0.1) is 10.6 Å². The number of primary amides is 1. The van der Waals surface area contributed by atoms with E-state index in [9.17, 15) is 17.6 Å². The van der Waals surface area contributed by atoms with Crippen LogP contribution in [-0.2, 0) is 9.84 Å². The molecule has 7 heteroatoms. The molecule has 1 fully saturated rings. The van der Waals surface area contributed by atoms with E-state index in [1.807, 2.05) is 0 Å². The van der Waals surface area contributed by atoms with Gasteiger partial charge in [-0.25, -0.2) is 12.8 Å². The molecule has 2 aromatic carbocycles. The number of rotatable bonds is 5. The Labute approximate surface area is 146 Å². The second kappa shape index (κ2) is 6.93. The Hall–Kier alpha value is -2.25. The summed E-state index contributed by atoms with van der Waals surface area (Å²) in [5.41, 5.74) is 6.34. The van der Waals surface area contributed by atoms with Crippen molar-refractivity contribution < 1.29 is 17.6 Å². The summed E-state index contributed by atoms with van der Waals surface area (Å²) in [4.78, 5) is 11.2. The molecule has 1 heterocycles. The van der Waals surface area contributed by atoms with Gasteiger partial charge in [0.1, 0.15) is 5.82 Å². The third kappa shape index (κ3) is 4.05. The van der Waals surface area contributed by atoms with Gasteiger partial charge in [-0.3, -0.25) is 4.79 Å². The highest BCUT2D eigenvalue weighted by molar-refractivity contribution is 7.93. The van der Waals surface area contributed by atoms with Gasteiger partial charge in [0.2, 0.25) is 5.91 Å². The minimum Gasteiger partial charge on any atom is -0.366 e. The third-order valence-electron chi connectivity index (χ3n) is 4.26. The fourth-order valence-corrected chi connectivity index (χ4v) is 4.26. The van der Waals surface area contributed by atoms with Gasteiger partial charge in [0.25, 0.3) is 0 Å². The smallest absolute Gasteiger partial charge is 0.248 e. The summed E-state index contributed by atoms with van der Waals surface area (Å²) in [6, 6.07) is 11.4. The molecule has 1 aliphatic heterocycles. The van der Waals surface area contributed by atoms with Crippen LogP contribution in [0.25, 0.3) is 0 Å². The minimum absolute atomic E-state index is 0.00529. The zero-order valence-corrected chi connectivity index (χ0v) is 14.2. The van der Waals surface area contributed by atoms with Gasteiger partial charge in [-0.1, -0.05) is 12.1 Å². The van der Waals surface area contributed by atoms with Crippen molar-refractivity contribution in [3.05, 3.63) is 71.2 Å². The van der Waals surface area contributed by atoms with Gasteiger partial charge >= 0.3 is 0 Å². The molecule has 5 nitrogen and oxygen atoms in total. The molecular weight excluding hydrogens is 343 g/mol. The van der Waals surface area contributed by atoms with Crippen LogP contribution in [-0.4, -0.2) is 20.4 Å². The summed E-state index contributed by atoms with van der Waals surface area (Å²) in [6.45, 7) is 0. The van der Waals surface area contributed by atoms with Crippen LogP contribution in [0, 0.1) is 11.6 Å². The quantitative estimate of drug-likeness (QED) is 0.855. The van der Waals surface area contributed by atoms with Gasteiger partial charge < -0.3 is 11.1 Å². The van der Waals surface area contributed by atoms with Crippen LogP contribution in [0.1, 0.15) is 34.8 Å². The Morgan fingerprint density at radius 1 is 1.08 bits per heavy atom. The maximum Gasteiger partial charge on any atom is 0.248 e. The van der Waals surface area contributed by atoms with E-state index in [0.29, 0.717) is 6.42 Å². The molecule has 1 amide bonds. The highest BCUT2D eigenvalue weighted by Gasteiger charge is 2.30. The molecule has 0 aromatic heterocycles. The maximum atomic E-state index is 13.0. The number of halogens is 1. The molecule has 2 unspecified atom stereocenters. The number of carbonyl (C=O) groups excluding carboxylic acids is 1. The second-order valence-corrected chi connectivity index (χ2v) is 7.86. The van der Waals surface area contributed by atoms with Crippen molar-refractivity contribution in [2.75, 3.05) is 0 Å². The maximum absolute atomic E-state index is 13.0. The summed E-state index contributed by atoms with van der Waals surface area (Å²) < 4.78 is 38.0. The van der Waals surface area contributed by atoms with E-state index in [2.05, 4.69) is 5.32 Å². The van der Waals surface area contributed by atoms with Crippen molar-refractivity contribution in [3.63, 3.8) is 0 Å². The van der Waals surface area contributed by atoms with Crippen LogP contribution in [0.4, 0.5) is 4.39 Å². The highest BCUT2D eigenvalue weighted by Crippen LogP contribution is 2.29. The highest BCUT2D eigenvalue weighted by atomic mass is 32.2. The predicted molar refractivity (Wildman–Crippen MR) is 91.7 cm³/mol. The van der Waals surface area contributed by atoms with Crippen molar-refractivity contribution >= 4 is 15.7 Å². The molecule has 0 aliphatic carbocycles. The number of nitrogens with one attached hydrogen (secondary N) is 1. The minimum atomic E-state index is -3.60. The molecular formula is C18H18FN2O3S. The Morgan fingerprint density at radius 2 is 1.72 bits per heavy atom. The van der Waals surface area contributed by atoms with Crippen molar-refractivity contribution in [2.45, 2.75) is 29.8 Å². The summed E-state index contributed by atoms with van der Waals surface area (Å²) in [5.74, 6) is 0.384. The average molecular weight is 361 g/mol. The molecule has 131 valence electrons. The van der Waals surface area contributed by atoms with E-state index in [1.54, 1.807) is 12.1 Å². The summed E-state index contributed by atoms with van der Waals surface area (Å²) in [7, 11) is -3.60. The molecule has 1 saturated heterocycles. The van der Waals surface area contributed by atoms with Crippen molar-refractivity contribution in [3.8, 4) is 0 Å². The second-order valence-electron chi connectivity index (χ2n) is 6.02. The number of sulfone groups is 1. The number of hydrogen-bond acceptors (Lipinski definition) is 4. The first-order valence-corrected chi connectivity index (χ1v) is 9.41. The Balaban J connectivity index is 1.67. The first kappa shape index (κ1) is 17.6. The van der Waals surface area contributed by atoms with Crippen LogP contribution in [0.15, 0.2) is 53.4 Å². The monoisotopic (exact) mass is 361 g/mol. The zero-order chi connectivity index (χ0) is 18.0. The molecule has 3 N–H and O–H groups in total. The fraction of sp³-hybridized carbons (Fsp3) is 0.222. The lowest BCUT2D eigenvalue weighted by molar-refractivity contribution is 0.1000. The standard InChI is InChI=1S/C18H18FN2O3S/c19-14-5-1-12(2-6-14)17-10-7-15(21-17)11-25(23,24)16-8-3-13(4-9-16)18(20)22/h1-6,8-9,11,15,17,21H,7,10H2,(H2,20,22). The van der Waals surface area contributed by atoms with E-state index >= 15 is 0 Å². The van der Waals surface area contributed by atoms with Crippen LogP contribution in [0.5, 0.6) is 0 Å². The van der Waals surface area contributed by atoms with Gasteiger partial charge in [0.15, 0.2) is 9.84 Å². The average Bonchev–Trinajstić information content (AvgIpc) is 3.03. The van der Waals surface area contributed by atoms with Crippen LogP contribution in [0.3, 0.4) is 0 Å². The number of nitrogens with two attached hydrogens (primary N) is 1. The van der Waals surface area contributed by atoms with E-state index in [-0.39, 0.29) is 28.4 Å². The molecule has 0 saturated carbocycles. The molecule has 2 aromatic rings. The van der Waals surface area contributed by atoms with E-state index in [4.69, 9.17) is 5.73 Å². The number of amides is 1. The number of hydrogen-bond donors (Lipinski definition) is 2. The first-order valence-electron chi connectivity index (χ1n) is 7.86. The predicted octanol–water partition coefficient (Wildman–Crippen LogP) is 2.35. The van der Waals surface area contributed by atoms with E-state index < -0.39 is 15.7 Å². The van der Waals surface area contributed by atoms with Crippen molar-refractivity contribution in [2.24, 2.45) is 5.73 Å². The Morgan fingerprint density at radius 3 is 2.32 bits per heavy atom. The molecule has 25 heavy (non-hydrogen) atoms. The third-order valence-corrected chi connectivity index (χ3v) is 5.88. The summed E-state index contributed by atoms with van der Waals surface area (Å²) in [6.07, 6.45) is 1.43. The lowest BCUT2D eigenvalue weighted by Crippen LogP contribution is -2.27. The topological polar surface area (TPSA) is 89.3 Å². The van der Waals surface area contributed by atoms with Gasteiger partial charge in [-0.15, -0.1) is 0 Å². The van der Waals surface area contributed by atoms with Crippen molar-refractivity contribution in [1.82, 2.24) is 5.32 Å². The largest absolute Gasteiger partial charge is 0.366 e. The zero-order valence-electron chi connectivity index (χ0n) is 13.4. The molecule has 2 atom stereocenters. The van der Waals surface area contributed by atoms with Crippen LogP contribution in [0.2, 0.25) is 0 Å². The van der Waals surface area contributed by atoms with E-state index in [1.165, 1.54) is 42.2 Å². The molecule has 0 bridgehead atoms. The van der Waals surface area contributed by atoms with Gasteiger partial charge in [0, 0.05) is 17.6 Å². The van der Waals surface area contributed by atoms with Crippen LogP contribution < -0.4 is 11.1 Å². The Kier molecular flexibility index (Phi) is 4.87. The lowest BCUT2D eigenvalue weighted by Gasteiger charge is -2.15. The van der Waals surface area contributed by atoms with Gasteiger partial charge in [-0.05, 0) is 54.8 Å². The van der Waals surface area contributed by atoms with Gasteiger partial charge in [-0.2, -0.15) is 0 Å². The molecule has 1 radical (unpaired) electrons. The van der Waals surface area contributed by atoms with Crippen molar-refractivity contribution in [1.29, 1.82) is 0 Å². The summed E-state index contributed by atoms with van der Waals surface area (Å²) >= 11 is 0. The first-order chi connectivity index (χ1) is 11.8. The number of carbonyl (C=O) groups is 1. The summed E-state index contributed by atoms with van der Waals surface area (Å²) in [5, 5.41) is 3.25. The number of benzene rings is 2. The Bertz CT molecular complexity index is 864. The normalized spacial score (nSPS) is 20.5. The SMILES string of the molecule is NC(=O)c1ccc(S(=O)(=O)[CH]C2CCC(c3ccc(F)cc3)N2)cc1. The van der Waals surface area contributed by atoms with E-state index in [0.717, 1.165) is 12.0 Å². The molecule has 0 spiro atoms.